The zero-order chi connectivity index (χ0) is 16.2. The van der Waals surface area contributed by atoms with Gasteiger partial charge in [0.1, 0.15) is 17.3 Å². The topological polar surface area (TPSA) is 58.4 Å². The number of ether oxygens (including phenoxy) is 3. The molecule has 2 aromatic heterocycles. The molecule has 2 aromatic rings. The maximum Gasteiger partial charge on any atom is 0.297 e. The van der Waals surface area contributed by atoms with Gasteiger partial charge in [0.15, 0.2) is 6.29 Å². The third-order valence-electron chi connectivity index (χ3n) is 3.78. The average Bonchev–Trinajstić information content (AvgIpc) is 2.90. The summed E-state index contributed by atoms with van der Waals surface area (Å²) in [4.78, 5) is 8.56. The average molecular weight is 340 g/mol. The number of pyridine rings is 1. The summed E-state index contributed by atoms with van der Waals surface area (Å²) in [5, 5.41) is 0.448. The van der Waals surface area contributed by atoms with Gasteiger partial charge in [-0.3, -0.25) is 4.57 Å². The second kappa shape index (κ2) is 7.47. The zero-order valence-corrected chi connectivity index (χ0v) is 14.3. The highest BCUT2D eigenvalue weighted by atomic mass is 35.5. The van der Waals surface area contributed by atoms with E-state index in [4.69, 9.17) is 25.8 Å². The van der Waals surface area contributed by atoms with Gasteiger partial charge in [-0.05, 0) is 33.1 Å². The number of rotatable bonds is 6. The molecule has 0 aromatic carbocycles. The van der Waals surface area contributed by atoms with Crippen molar-refractivity contribution < 1.29 is 14.2 Å². The molecule has 1 unspecified atom stereocenters. The first kappa shape index (κ1) is 16.5. The van der Waals surface area contributed by atoms with Crippen LogP contribution in [0.2, 0.25) is 5.15 Å². The number of halogens is 1. The number of imidazole rings is 1. The maximum absolute atomic E-state index is 5.99. The van der Waals surface area contributed by atoms with E-state index in [1.165, 1.54) is 0 Å². The van der Waals surface area contributed by atoms with Crippen LogP contribution in [0.15, 0.2) is 12.3 Å². The molecule has 0 N–H and O–H groups in total. The van der Waals surface area contributed by atoms with Gasteiger partial charge in [0, 0.05) is 18.7 Å². The quantitative estimate of drug-likeness (QED) is 0.594. The van der Waals surface area contributed by atoms with E-state index in [9.17, 15) is 0 Å². The molecule has 126 valence electrons. The largest absolute Gasteiger partial charge is 0.462 e. The second-order valence-corrected chi connectivity index (χ2v) is 6.26. The molecule has 3 rings (SSSR count). The summed E-state index contributed by atoms with van der Waals surface area (Å²) in [7, 11) is 0. The van der Waals surface area contributed by atoms with Crippen LogP contribution in [-0.2, 0) is 9.47 Å². The molecule has 0 saturated carbocycles. The molecule has 0 bridgehead atoms. The van der Waals surface area contributed by atoms with Crippen LogP contribution in [0.3, 0.4) is 0 Å². The lowest BCUT2D eigenvalue weighted by Gasteiger charge is -2.22. The van der Waals surface area contributed by atoms with Crippen LogP contribution < -0.4 is 4.74 Å². The van der Waals surface area contributed by atoms with Gasteiger partial charge < -0.3 is 14.2 Å². The van der Waals surface area contributed by atoms with E-state index in [0.717, 1.165) is 36.9 Å². The molecular formula is C16H22ClN3O3. The van der Waals surface area contributed by atoms with Crippen molar-refractivity contribution in [2.75, 3.05) is 19.8 Å². The molecule has 0 spiro atoms. The van der Waals surface area contributed by atoms with Crippen molar-refractivity contribution >= 4 is 22.6 Å². The Morgan fingerprint density at radius 3 is 3.00 bits per heavy atom. The van der Waals surface area contributed by atoms with Gasteiger partial charge in [0.2, 0.25) is 0 Å². The molecule has 1 atom stereocenters. The normalized spacial score (nSPS) is 18.7. The lowest BCUT2D eigenvalue weighted by molar-refractivity contribution is -0.165. The van der Waals surface area contributed by atoms with Crippen molar-refractivity contribution in [1.82, 2.24) is 14.5 Å². The molecule has 1 saturated heterocycles. The van der Waals surface area contributed by atoms with Crippen molar-refractivity contribution in [2.24, 2.45) is 0 Å². The molecule has 23 heavy (non-hydrogen) atoms. The Morgan fingerprint density at radius 2 is 2.26 bits per heavy atom. The Bertz CT molecular complexity index is 653. The third kappa shape index (κ3) is 3.94. The number of fused-ring (bicyclic) bond motifs is 1. The standard InChI is InChI=1S/C16H22ClN3O3/c1-11(2)20-13-9-14(17)18-10-12(13)19-16(20)23-8-7-22-15-5-3-4-6-21-15/h9-11,15H,3-8H2,1-2H3. The lowest BCUT2D eigenvalue weighted by Crippen LogP contribution is -2.24. The minimum Gasteiger partial charge on any atom is -0.462 e. The second-order valence-electron chi connectivity index (χ2n) is 5.87. The van der Waals surface area contributed by atoms with E-state index in [0.29, 0.717) is 24.4 Å². The van der Waals surface area contributed by atoms with Crippen molar-refractivity contribution in [3.8, 4) is 6.01 Å². The van der Waals surface area contributed by atoms with Gasteiger partial charge in [0.25, 0.3) is 6.01 Å². The fourth-order valence-corrected chi connectivity index (χ4v) is 2.86. The van der Waals surface area contributed by atoms with Crippen LogP contribution in [0.1, 0.15) is 39.2 Å². The van der Waals surface area contributed by atoms with Crippen LogP contribution >= 0.6 is 11.6 Å². The number of aromatic nitrogens is 3. The summed E-state index contributed by atoms with van der Waals surface area (Å²) in [5.41, 5.74) is 1.70. The first-order valence-corrected chi connectivity index (χ1v) is 8.42. The highest BCUT2D eigenvalue weighted by molar-refractivity contribution is 6.29. The lowest BCUT2D eigenvalue weighted by atomic mass is 10.2. The van der Waals surface area contributed by atoms with Crippen LogP contribution in [0.25, 0.3) is 11.0 Å². The van der Waals surface area contributed by atoms with Crippen molar-refractivity contribution in [3.05, 3.63) is 17.4 Å². The fraction of sp³-hybridized carbons (Fsp3) is 0.625. The molecule has 0 aliphatic carbocycles. The first-order valence-electron chi connectivity index (χ1n) is 8.04. The Morgan fingerprint density at radius 1 is 1.39 bits per heavy atom. The highest BCUT2D eigenvalue weighted by Gasteiger charge is 2.17. The molecule has 3 heterocycles. The Balaban J connectivity index is 1.63. The summed E-state index contributed by atoms with van der Waals surface area (Å²) >= 11 is 5.99. The predicted octanol–water partition coefficient (Wildman–Crippen LogP) is 3.59. The monoisotopic (exact) mass is 339 g/mol. The van der Waals surface area contributed by atoms with Crippen molar-refractivity contribution in [1.29, 1.82) is 0 Å². The summed E-state index contributed by atoms with van der Waals surface area (Å²) in [6.07, 6.45) is 4.79. The smallest absolute Gasteiger partial charge is 0.297 e. The molecule has 0 radical (unpaired) electrons. The summed E-state index contributed by atoms with van der Waals surface area (Å²) in [5.74, 6) is 0. The first-order chi connectivity index (χ1) is 11.1. The minimum absolute atomic E-state index is 0.0979. The van der Waals surface area contributed by atoms with Crippen LogP contribution in [-0.4, -0.2) is 40.6 Å². The van der Waals surface area contributed by atoms with E-state index < -0.39 is 0 Å². The van der Waals surface area contributed by atoms with E-state index in [1.54, 1.807) is 6.20 Å². The summed E-state index contributed by atoms with van der Waals surface area (Å²) in [6.45, 7) is 5.84. The molecule has 1 fully saturated rings. The summed E-state index contributed by atoms with van der Waals surface area (Å²) < 4.78 is 19.0. The molecule has 0 amide bonds. The fourth-order valence-electron chi connectivity index (χ4n) is 2.71. The van der Waals surface area contributed by atoms with E-state index in [2.05, 4.69) is 23.8 Å². The number of nitrogens with zero attached hydrogens (tertiary/aromatic N) is 3. The number of hydrogen-bond donors (Lipinski definition) is 0. The maximum atomic E-state index is 5.99. The molecular weight excluding hydrogens is 318 g/mol. The molecule has 1 aliphatic heterocycles. The van der Waals surface area contributed by atoms with Crippen LogP contribution in [0, 0.1) is 0 Å². The predicted molar refractivity (Wildman–Crippen MR) is 88.0 cm³/mol. The van der Waals surface area contributed by atoms with E-state index in [1.807, 2.05) is 10.6 Å². The third-order valence-corrected chi connectivity index (χ3v) is 3.99. The van der Waals surface area contributed by atoms with Crippen molar-refractivity contribution in [3.63, 3.8) is 0 Å². The van der Waals surface area contributed by atoms with Crippen molar-refractivity contribution in [2.45, 2.75) is 45.4 Å². The Kier molecular flexibility index (Phi) is 5.35. The van der Waals surface area contributed by atoms with Gasteiger partial charge in [0.05, 0.1) is 18.3 Å². The number of hydrogen-bond acceptors (Lipinski definition) is 5. The van der Waals surface area contributed by atoms with Gasteiger partial charge in [-0.2, -0.15) is 4.98 Å². The molecule has 1 aliphatic rings. The minimum atomic E-state index is -0.0979. The zero-order valence-electron chi connectivity index (χ0n) is 13.5. The van der Waals surface area contributed by atoms with Gasteiger partial charge in [-0.25, -0.2) is 4.98 Å². The van der Waals surface area contributed by atoms with E-state index >= 15 is 0 Å². The van der Waals surface area contributed by atoms with Gasteiger partial charge >= 0.3 is 0 Å². The van der Waals surface area contributed by atoms with Crippen LogP contribution in [0.5, 0.6) is 6.01 Å². The van der Waals surface area contributed by atoms with Gasteiger partial charge in [-0.15, -0.1) is 0 Å². The summed E-state index contributed by atoms with van der Waals surface area (Å²) in [6, 6.07) is 2.58. The van der Waals surface area contributed by atoms with Crippen LogP contribution in [0.4, 0.5) is 0 Å². The molecule has 6 nitrogen and oxygen atoms in total. The van der Waals surface area contributed by atoms with E-state index in [-0.39, 0.29) is 12.3 Å². The Hall–Kier alpha value is -1.37. The Labute approximate surface area is 140 Å². The van der Waals surface area contributed by atoms with Gasteiger partial charge in [-0.1, -0.05) is 11.6 Å². The molecule has 7 heteroatoms. The SMILES string of the molecule is CC(C)n1c(OCCOC2CCCCO2)nc2cnc(Cl)cc21. The highest BCUT2D eigenvalue weighted by Crippen LogP contribution is 2.27.